The molecule has 0 bridgehead atoms. The molecule has 0 amide bonds. The van der Waals surface area contributed by atoms with Crippen molar-refractivity contribution in [2.24, 2.45) is 0 Å². The molecule has 0 aliphatic rings. The maximum Gasteiger partial charge on any atom is 0.247 e. The van der Waals surface area contributed by atoms with Gasteiger partial charge in [0.05, 0.1) is 38.6 Å². The van der Waals surface area contributed by atoms with Gasteiger partial charge in [-0.1, -0.05) is 297 Å². The smallest absolute Gasteiger partial charge is 0.247 e. The molecule has 0 radical (unpaired) electrons. The molecule has 0 N–H and O–H groups in total. The van der Waals surface area contributed by atoms with E-state index in [1.807, 2.05) is 42.6 Å². The predicted molar refractivity (Wildman–Crippen MR) is 536 cm³/mol. The molecule has 10 aromatic heterocycles. The van der Waals surface area contributed by atoms with Crippen molar-refractivity contribution in [1.82, 2.24) is 48.6 Å². The van der Waals surface area contributed by atoms with Gasteiger partial charge in [-0.15, -0.1) is 22.7 Å². The van der Waals surface area contributed by atoms with Gasteiger partial charge in [0.25, 0.3) is 0 Å². The Morgan fingerprint density at radius 2 is 0.570 bits per heavy atom. The standard InChI is InChI=1S/C40H23N3S.C39H22N4O.C36H21N3S/c1-2-11-26-21-29(18-17-24(26)9-1)37-39(41-38-31-15-7-8-16-35(31)44-40(38)42-37)43-33-20-19-25-10-5-6-14-30(25)36(33)32-22-27-12-3-4-13-28(27)23-34(32)43;1-2-10-26-22-33-30(20-25(26)9-1)35-28-12-4-3-8-23(28)17-18-32(35)43(33)38-36(27-16-15-24-11-7-19-40-31(24)21-27)42-39-37(41-38)29-13-5-6-14-34(29)44-39;1-2-11-23(12-3-1)33-35(37-34-27-16-8-9-17-31(27)40-36(34)38-33)39-29-19-18-22-10-6-7-15-26(22)32(29)28-20-24-13-4-5-14-25(24)21-30(28)39/h1-23H;1-22H;1-21H. The van der Waals surface area contributed by atoms with Crippen molar-refractivity contribution in [1.29, 1.82) is 0 Å². The van der Waals surface area contributed by atoms with Gasteiger partial charge in [-0.05, 0) is 172 Å². The summed E-state index contributed by atoms with van der Waals surface area (Å²) in [5.74, 6) is 2.46. The van der Waals surface area contributed by atoms with E-state index in [9.17, 15) is 0 Å². The first kappa shape index (κ1) is 71.8. The van der Waals surface area contributed by atoms with Gasteiger partial charge in [-0.25, -0.2) is 29.9 Å². The van der Waals surface area contributed by atoms with Crippen LogP contribution in [-0.4, -0.2) is 48.6 Å². The summed E-state index contributed by atoms with van der Waals surface area (Å²) in [7, 11) is 0. The van der Waals surface area contributed by atoms with Crippen LogP contribution in [0.2, 0.25) is 0 Å². The van der Waals surface area contributed by atoms with Crippen molar-refractivity contribution < 1.29 is 4.42 Å². The Kier molecular flexibility index (Phi) is 15.9. The minimum atomic E-state index is 0.516. The molecule has 0 atom stereocenters. The van der Waals surface area contributed by atoms with Gasteiger partial charge in [-0.2, -0.15) is 0 Å². The molecule has 19 aromatic carbocycles. The second-order valence-corrected chi connectivity index (χ2v) is 35.0. The van der Waals surface area contributed by atoms with Crippen LogP contribution in [0.15, 0.2) is 405 Å². The fourth-order valence-corrected chi connectivity index (χ4v) is 21.9. The first-order valence-corrected chi connectivity index (χ1v) is 44.6. The van der Waals surface area contributed by atoms with Crippen LogP contribution in [0.5, 0.6) is 0 Å². The number of para-hydroxylation sites is 1. The predicted octanol–water partition coefficient (Wildman–Crippen LogP) is 31.0. The van der Waals surface area contributed by atoms with E-state index >= 15 is 0 Å². The van der Waals surface area contributed by atoms with E-state index in [0.717, 1.165) is 143 Å². The number of nitrogens with zero attached hydrogens (tertiary/aromatic N) is 10. The van der Waals surface area contributed by atoms with Crippen LogP contribution in [-0.2, 0) is 0 Å². The number of fused-ring (bicyclic) bond motifs is 29. The summed E-state index contributed by atoms with van der Waals surface area (Å²) < 4.78 is 15.6. The summed E-state index contributed by atoms with van der Waals surface area (Å²) in [5, 5.41) is 28.6. The zero-order valence-corrected chi connectivity index (χ0v) is 69.9. The van der Waals surface area contributed by atoms with E-state index < -0.39 is 0 Å². The van der Waals surface area contributed by atoms with Crippen LogP contribution >= 0.6 is 22.7 Å². The van der Waals surface area contributed by atoms with Crippen molar-refractivity contribution in [3.05, 3.63) is 401 Å². The lowest BCUT2D eigenvalue weighted by molar-refractivity contribution is 0.653. The Bertz CT molecular complexity index is 9400. The second-order valence-electron chi connectivity index (χ2n) is 33.0. The van der Waals surface area contributed by atoms with Gasteiger partial charge in [0.1, 0.15) is 48.9 Å². The number of pyridine rings is 1. The molecule has 0 spiro atoms. The van der Waals surface area contributed by atoms with Crippen LogP contribution in [0.1, 0.15) is 0 Å². The number of hydrogen-bond acceptors (Lipinski definition) is 10. The molecule has 0 saturated heterocycles. The first-order chi connectivity index (χ1) is 63.4. The lowest BCUT2D eigenvalue weighted by atomic mass is 10.0. The Labute approximate surface area is 736 Å². The van der Waals surface area contributed by atoms with Crippen LogP contribution in [0.25, 0.3) is 266 Å². The van der Waals surface area contributed by atoms with Gasteiger partial charge in [0.2, 0.25) is 5.71 Å². The van der Waals surface area contributed by atoms with E-state index in [-0.39, 0.29) is 0 Å². The second kappa shape index (κ2) is 28.4. The fourth-order valence-electron chi connectivity index (χ4n) is 19.8. The highest BCUT2D eigenvalue weighted by atomic mass is 32.1. The van der Waals surface area contributed by atoms with Crippen molar-refractivity contribution >= 4 is 237 Å². The molecular formula is C115H66N10OS2. The molecule has 29 rings (SSSR count). The number of benzene rings is 19. The molecule has 0 aliphatic carbocycles. The summed E-state index contributed by atoms with van der Waals surface area (Å²) in [6.07, 6.45) is 1.82. The third kappa shape index (κ3) is 11.3. The van der Waals surface area contributed by atoms with Crippen LogP contribution < -0.4 is 0 Å². The van der Waals surface area contributed by atoms with Crippen LogP contribution in [0.3, 0.4) is 0 Å². The van der Waals surface area contributed by atoms with E-state index in [4.69, 9.17) is 34.3 Å². The molecular weight excluding hydrogens is 1600 g/mol. The van der Waals surface area contributed by atoms with Gasteiger partial charge in [-0.3, -0.25) is 18.7 Å². The zero-order chi connectivity index (χ0) is 83.8. The van der Waals surface area contributed by atoms with Gasteiger partial charge < -0.3 is 4.42 Å². The highest BCUT2D eigenvalue weighted by molar-refractivity contribution is 7.25. The topological polar surface area (TPSA) is 118 Å². The molecule has 128 heavy (non-hydrogen) atoms. The third-order valence-corrected chi connectivity index (χ3v) is 27.8. The molecule has 11 nitrogen and oxygen atoms in total. The van der Waals surface area contributed by atoms with Gasteiger partial charge in [0.15, 0.2) is 17.5 Å². The number of furan rings is 1. The summed E-state index contributed by atoms with van der Waals surface area (Å²) >= 11 is 3.41. The maximum atomic E-state index is 6.27. The number of thiophene rings is 2. The number of rotatable bonds is 6. The molecule has 0 aliphatic heterocycles. The summed E-state index contributed by atoms with van der Waals surface area (Å²) in [4.78, 5) is 38.9. The summed E-state index contributed by atoms with van der Waals surface area (Å²) in [5.41, 5.74) is 17.1. The molecule has 29 aromatic rings. The lowest BCUT2D eigenvalue weighted by Gasteiger charge is -2.14. The zero-order valence-electron chi connectivity index (χ0n) is 68.3. The SMILES string of the molecule is c1ccc(-c2nc3sc4ccccc4c3nc2-n2c3cc4ccccc4cc3c3c4ccccc4ccc32)cc1.c1ccc2cc(-c3nc4sc5ccccc5c4nc3-n3c4cc5ccccc5cc4c4c5ccccc5ccc43)ccc2c1.c1ccc2cc3c(cc2c1)c1c2ccccc2ccc1n3-c1nc2c(nc1-c1ccc3cccnc3c1)oc1ccccc12. The van der Waals surface area contributed by atoms with Crippen molar-refractivity contribution in [2.45, 2.75) is 0 Å². The normalized spacial score (nSPS) is 12.1. The maximum absolute atomic E-state index is 6.27. The monoisotopic (exact) mass is 1670 g/mol. The highest BCUT2D eigenvalue weighted by Gasteiger charge is 2.28. The Balaban J connectivity index is 0.0000000994. The van der Waals surface area contributed by atoms with Crippen molar-refractivity contribution in [2.75, 3.05) is 0 Å². The molecule has 0 saturated carbocycles. The third-order valence-electron chi connectivity index (χ3n) is 25.7. The molecule has 10 heterocycles. The molecule has 0 fully saturated rings. The van der Waals surface area contributed by atoms with Gasteiger partial charge in [0, 0.05) is 86.1 Å². The summed E-state index contributed by atoms with van der Waals surface area (Å²) in [6.45, 7) is 0. The Hall–Kier alpha value is -16.7. The van der Waals surface area contributed by atoms with Crippen molar-refractivity contribution in [3.63, 3.8) is 0 Å². The van der Waals surface area contributed by atoms with E-state index in [2.05, 4.69) is 377 Å². The van der Waals surface area contributed by atoms with E-state index in [1.165, 1.54) is 117 Å². The first-order valence-electron chi connectivity index (χ1n) is 43.0. The molecule has 13 heteroatoms. The van der Waals surface area contributed by atoms with E-state index in [0.29, 0.717) is 5.71 Å². The largest absolute Gasteiger partial charge is 0.436 e. The minimum absolute atomic E-state index is 0.516. The van der Waals surface area contributed by atoms with Gasteiger partial charge >= 0.3 is 0 Å². The quantitative estimate of drug-likeness (QED) is 0.162. The fraction of sp³-hybridized carbons (Fsp3) is 0. The van der Waals surface area contributed by atoms with Crippen LogP contribution in [0.4, 0.5) is 0 Å². The number of aromatic nitrogens is 10. The summed E-state index contributed by atoms with van der Waals surface area (Å²) in [6, 6.07) is 140. The Morgan fingerprint density at radius 3 is 1.05 bits per heavy atom. The number of hydrogen-bond donors (Lipinski definition) is 0. The highest BCUT2D eigenvalue weighted by Crippen LogP contribution is 2.48. The minimum Gasteiger partial charge on any atom is -0.436 e. The van der Waals surface area contributed by atoms with Crippen LogP contribution in [0, 0.1) is 0 Å². The van der Waals surface area contributed by atoms with E-state index in [1.54, 1.807) is 22.7 Å². The lowest BCUT2D eigenvalue weighted by Crippen LogP contribution is -2.03. The molecule has 594 valence electrons. The van der Waals surface area contributed by atoms with Crippen molar-refractivity contribution in [3.8, 4) is 51.2 Å². The average Bonchev–Trinajstić information content (AvgIpc) is 1.56. The Morgan fingerprint density at radius 1 is 0.219 bits per heavy atom. The molecule has 0 unspecified atom stereocenters. The average molecular weight is 1670 g/mol.